The molecule has 5 heteroatoms. The van der Waals surface area contributed by atoms with Gasteiger partial charge in [-0.2, -0.15) is 5.10 Å². The second-order valence-electron chi connectivity index (χ2n) is 7.40. The average Bonchev–Trinajstić information content (AvgIpc) is 3.33. The lowest BCUT2D eigenvalue weighted by Gasteiger charge is -2.31. The summed E-state index contributed by atoms with van der Waals surface area (Å²) in [5.74, 6) is 0.716. The van der Waals surface area contributed by atoms with Gasteiger partial charge < -0.3 is 0 Å². The van der Waals surface area contributed by atoms with Gasteiger partial charge in [0.15, 0.2) is 5.78 Å². The number of ketones is 1. The Morgan fingerprint density at radius 1 is 1.22 bits per heavy atom. The molecule has 0 unspecified atom stereocenters. The molecule has 1 aliphatic heterocycles. The van der Waals surface area contributed by atoms with Crippen molar-refractivity contribution in [3.8, 4) is 0 Å². The number of aromatic amines is 1. The minimum Gasteiger partial charge on any atom is -0.299 e. The summed E-state index contributed by atoms with van der Waals surface area (Å²) in [4.78, 5) is 14.8. The fourth-order valence-corrected chi connectivity index (χ4v) is 4.72. The Morgan fingerprint density at radius 3 is 2.70 bits per heavy atom. The zero-order chi connectivity index (χ0) is 18.6. The highest BCUT2D eigenvalue weighted by atomic mass is 32.1. The summed E-state index contributed by atoms with van der Waals surface area (Å²) >= 11 is 1.56. The zero-order valence-corrected chi connectivity index (χ0v) is 16.5. The first kappa shape index (κ1) is 18.1. The van der Waals surface area contributed by atoms with Crippen molar-refractivity contribution >= 4 is 17.1 Å². The van der Waals surface area contributed by atoms with E-state index in [-0.39, 0.29) is 5.78 Å². The van der Waals surface area contributed by atoms with Gasteiger partial charge >= 0.3 is 0 Å². The lowest BCUT2D eigenvalue weighted by atomic mass is 9.89. The Kier molecular flexibility index (Phi) is 5.50. The molecule has 0 atom stereocenters. The summed E-state index contributed by atoms with van der Waals surface area (Å²) in [6.45, 7) is 4.74. The van der Waals surface area contributed by atoms with Gasteiger partial charge in [-0.1, -0.05) is 30.3 Å². The molecule has 2 aromatic heterocycles. The van der Waals surface area contributed by atoms with Gasteiger partial charge in [-0.05, 0) is 61.0 Å². The van der Waals surface area contributed by atoms with Gasteiger partial charge in [-0.25, -0.2) is 0 Å². The van der Waals surface area contributed by atoms with Gasteiger partial charge in [0.25, 0.3) is 0 Å². The van der Waals surface area contributed by atoms with E-state index in [9.17, 15) is 4.79 Å². The summed E-state index contributed by atoms with van der Waals surface area (Å²) in [5, 5.41) is 9.72. The zero-order valence-electron chi connectivity index (χ0n) is 15.6. The maximum absolute atomic E-state index is 11.5. The number of H-pyrrole nitrogens is 1. The van der Waals surface area contributed by atoms with Crippen molar-refractivity contribution in [2.45, 2.75) is 38.6 Å². The van der Waals surface area contributed by atoms with Crippen molar-refractivity contribution in [1.82, 2.24) is 15.1 Å². The molecular weight excluding hydrogens is 354 g/mol. The van der Waals surface area contributed by atoms with E-state index in [1.54, 1.807) is 18.3 Å². The first-order chi connectivity index (χ1) is 13.2. The van der Waals surface area contributed by atoms with Gasteiger partial charge in [0.05, 0.1) is 11.1 Å². The number of carbonyl (C=O) groups is 1. The maximum Gasteiger partial charge on any atom is 0.169 e. The highest BCUT2D eigenvalue weighted by molar-refractivity contribution is 7.12. The molecule has 140 valence electrons. The van der Waals surface area contributed by atoms with Crippen LogP contribution in [-0.4, -0.2) is 34.0 Å². The quantitative estimate of drug-likeness (QED) is 0.635. The van der Waals surface area contributed by atoms with Gasteiger partial charge in [-0.15, -0.1) is 11.3 Å². The highest BCUT2D eigenvalue weighted by Crippen LogP contribution is 2.30. The summed E-state index contributed by atoms with van der Waals surface area (Å²) in [7, 11) is 0. The predicted molar refractivity (Wildman–Crippen MR) is 109 cm³/mol. The van der Waals surface area contributed by atoms with Crippen LogP contribution in [0.4, 0.5) is 0 Å². The van der Waals surface area contributed by atoms with Gasteiger partial charge in [0, 0.05) is 24.6 Å². The predicted octanol–water partition coefficient (Wildman–Crippen LogP) is 4.64. The third-order valence-corrected chi connectivity index (χ3v) is 6.47. The van der Waals surface area contributed by atoms with Crippen molar-refractivity contribution < 1.29 is 4.79 Å². The largest absolute Gasteiger partial charge is 0.299 e. The van der Waals surface area contributed by atoms with Crippen molar-refractivity contribution in [1.29, 1.82) is 0 Å². The number of Topliss-reactive ketones (excluding diaryl/α,β-unsaturated/α-hetero) is 1. The van der Waals surface area contributed by atoms with Crippen LogP contribution in [0.3, 0.4) is 0 Å². The van der Waals surface area contributed by atoms with Crippen molar-refractivity contribution in [3.63, 3.8) is 0 Å². The van der Waals surface area contributed by atoms with Crippen LogP contribution in [0.1, 0.15) is 57.7 Å². The number of likely N-dealkylation sites (tertiary alicyclic amines) is 1. The summed E-state index contributed by atoms with van der Waals surface area (Å²) in [5.41, 5.74) is 5.22. The molecule has 1 N–H and O–H groups in total. The number of nitrogens with zero attached hydrogens (tertiary/aromatic N) is 2. The molecule has 1 aromatic carbocycles. The Bertz CT molecular complexity index is 891. The molecule has 0 radical (unpaired) electrons. The van der Waals surface area contributed by atoms with Crippen LogP contribution in [0.2, 0.25) is 0 Å². The number of aromatic nitrogens is 2. The van der Waals surface area contributed by atoms with Crippen LogP contribution in [0, 0.1) is 0 Å². The number of carbonyl (C=O) groups excluding carboxylic acids is 1. The van der Waals surface area contributed by atoms with Crippen LogP contribution in [0.25, 0.3) is 0 Å². The molecule has 4 rings (SSSR count). The molecule has 0 bridgehead atoms. The van der Waals surface area contributed by atoms with Gasteiger partial charge in [0.1, 0.15) is 0 Å². The first-order valence-corrected chi connectivity index (χ1v) is 10.4. The minimum absolute atomic E-state index is 0.162. The maximum atomic E-state index is 11.5. The molecule has 0 amide bonds. The first-order valence-electron chi connectivity index (χ1n) is 9.56. The summed E-state index contributed by atoms with van der Waals surface area (Å²) in [6.07, 6.45) is 5.22. The number of benzene rings is 1. The molecule has 0 aliphatic carbocycles. The number of hydrogen-bond acceptors (Lipinski definition) is 4. The second kappa shape index (κ2) is 8.19. The van der Waals surface area contributed by atoms with E-state index in [1.165, 1.54) is 22.4 Å². The number of hydrogen-bond donors (Lipinski definition) is 1. The Balaban J connectivity index is 1.35. The van der Waals surface area contributed by atoms with Gasteiger partial charge in [0.2, 0.25) is 0 Å². The normalized spacial score (nSPS) is 15.9. The standard InChI is InChI=1S/C22H25N3OS/c1-16(26)21-12-18(15-27-21)14-25-9-7-19(8-10-25)22-20(13-23-24-22)11-17-5-3-2-4-6-17/h2-6,12-13,15,19H,7-11,14H2,1H3,(H,23,24). The van der Waals surface area contributed by atoms with Crippen molar-refractivity contribution in [3.05, 3.63) is 75.2 Å². The third kappa shape index (κ3) is 4.37. The van der Waals surface area contributed by atoms with E-state index in [4.69, 9.17) is 0 Å². The van der Waals surface area contributed by atoms with E-state index in [1.807, 2.05) is 12.3 Å². The van der Waals surface area contributed by atoms with Crippen LogP contribution in [0.15, 0.2) is 48.0 Å². The van der Waals surface area contributed by atoms with E-state index < -0.39 is 0 Å². The van der Waals surface area contributed by atoms with Crippen LogP contribution < -0.4 is 0 Å². The SMILES string of the molecule is CC(=O)c1cc(CN2CCC(c3[nH]ncc3Cc3ccccc3)CC2)cs1. The summed E-state index contributed by atoms with van der Waals surface area (Å²) in [6, 6.07) is 12.6. The number of nitrogens with one attached hydrogen (secondary N) is 1. The molecule has 4 nitrogen and oxygen atoms in total. The van der Waals surface area contributed by atoms with Crippen molar-refractivity contribution in [2.24, 2.45) is 0 Å². The van der Waals surface area contributed by atoms with Crippen molar-refractivity contribution in [2.75, 3.05) is 13.1 Å². The molecular formula is C22H25N3OS. The second-order valence-corrected chi connectivity index (χ2v) is 8.31. The molecule has 1 fully saturated rings. The van der Waals surface area contributed by atoms with E-state index in [0.717, 1.165) is 43.8 Å². The van der Waals surface area contributed by atoms with E-state index in [0.29, 0.717) is 5.92 Å². The van der Waals surface area contributed by atoms with Crippen LogP contribution in [0.5, 0.6) is 0 Å². The molecule has 3 aromatic rings. The van der Waals surface area contributed by atoms with E-state index in [2.05, 4.69) is 50.8 Å². The topological polar surface area (TPSA) is 49.0 Å². The molecule has 3 heterocycles. The molecule has 27 heavy (non-hydrogen) atoms. The molecule has 0 spiro atoms. The Morgan fingerprint density at radius 2 is 2.00 bits per heavy atom. The average molecular weight is 380 g/mol. The molecule has 0 saturated carbocycles. The van der Waals surface area contributed by atoms with E-state index >= 15 is 0 Å². The lowest BCUT2D eigenvalue weighted by molar-refractivity contribution is 0.102. The smallest absolute Gasteiger partial charge is 0.169 e. The summed E-state index contributed by atoms with van der Waals surface area (Å²) < 4.78 is 0. The number of piperidine rings is 1. The highest BCUT2D eigenvalue weighted by Gasteiger charge is 2.24. The lowest BCUT2D eigenvalue weighted by Crippen LogP contribution is -2.32. The minimum atomic E-state index is 0.162. The number of rotatable bonds is 6. The van der Waals surface area contributed by atoms with Gasteiger partial charge in [-0.3, -0.25) is 14.8 Å². The fourth-order valence-electron chi connectivity index (χ4n) is 3.91. The van der Waals surface area contributed by atoms with Crippen LogP contribution in [-0.2, 0) is 13.0 Å². The fraction of sp³-hybridized carbons (Fsp3) is 0.364. The molecule has 1 saturated heterocycles. The molecule has 1 aliphatic rings. The Labute approximate surface area is 164 Å². The number of thiophene rings is 1. The monoisotopic (exact) mass is 379 g/mol. The third-order valence-electron chi connectivity index (χ3n) is 5.39. The van der Waals surface area contributed by atoms with Crippen LogP contribution >= 0.6 is 11.3 Å². The Hall–Kier alpha value is -2.24.